The largest absolute Gasteiger partial charge is 0.488 e. The summed E-state index contributed by atoms with van der Waals surface area (Å²) < 4.78 is 0. The van der Waals surface area contributed by atoms with Gasteiger partial charge in [-0.25, -0.2) is 4.79 Å². The second kappa shape index (κ2) is 4.26. The fourth-order valence-corrected chi connectivity index (χ4v) is 1.30. The smallest absolute Gasteiger partial charge is 0.478 e. The van der Waals surface area contributed by atoms with Gasteiger partial charge in [0.1, 0.15) is 0 Å². The molecule has 1 rings (SSSR count). The van der Waals surface area contributed by atoms with Crippen LogP contribution in [0.4, 0.5) is 0 Å². The molecule has 1 aromatic carbocycles. The molecule has 0 aromatic heterocycles. The summed E-state index contributed by atoms with van der Waals surface area (Å²) >= 11 is 0. The Balaban J connectivity index is 3.18. The lowest BCUT2D eigenvalue weighted by Gasteiger charge is -2.07. The Morgan fingerprint density at radius 2 is 2.07 bits per heavy atom. The van der Waals surface area contributed by atoms with Crippen LogP contribution in [0.3, 0.4) is 0 Å². The third kappa shape index (κ3) is 2.13. The van der Waals surface area contributed by atoms with E-state index in [1.54, 1.807) is 0 Å². The van der Waals surface area contributed by atoms with E-state index >= 15 is 0 Å². The van der Waals surface area contributed by atoms with Crippen LogP contribution in [0.15, 0.2) is 18.2 Å². The highest BCUT2D eigenvalue weighted by atomic mass is 16.4. The summed E-state index contributed by atoms with van der Waals surface area (Å²) in [5.41, 5.74) is 1.16. The number of benzene rings is 1. The molecule has 0 saturated heterocycles. The first-order chi connectivity index (χ1) is 6.56. The van der Waals surface area contributed by atoms with Gasteiger partial charge in [0.25, 0.3) is 0 Å². The second-order valence-electron chi connectivity index (χ2n) is 2.95. The zero-order chi connectivity index (χ0) is 10.7. The highest BCUT2D eigenvalue weighted by Gasteiger charge is 2.16. The number of hydrogen-bond acceptors (Lipinski definition) is 3. The van der Waals surface area contributed by atoms with Gasteiger partial charge < -0.3 is 15.2 Å². The first kappa shape index (κ1) is 10.8. The van der Waals surface area contributed by atoms with Crippen molar-refractivity contribution in [3.05, 3.63) is 29.3 Å². The van der Waals surface area contributed by atoms with E-state index in [4.69, 9.17) is 15.2 Å². The topological polar surface area (TPSA) is 77.8 Å². The Kier molecular flexibility index (Phi) is 3.27. The highest BCUT2D eigenvalue weighted by molar-refractivity contribution is 6.59. The molecule has 0 bridgehead atoms. The Bertz CT molecular complexity index is 349. The third-order valence-electron chi connectivity index (χ3n) is 2.05. The van der Waals surface area contributed by atoms with Gasteiger partial charge in [-0.05, 0) is 29.6 Å². The highest BCUT2D eigenvalue weighted by Crippen LogP contribution is 2.04. The Labute approximate surface area is 82.0 Å². The van der Waals surface area contributed by atoms with Gasteiger partial charge in [0.05, 0.1) is 5.56 Å². The summed E-state index contributed by atoms with van der Waals surface area (Å²) in [6.07, 6.45) is 0.564. The third-order valence-corrected chi connectivity index (χ3v) is 2.05. The Morgan fingerprint density at radius 3 is 2.50 bits per heavy atom. The van der Waals surface area contributed by atoms with Crippen LogP contribution in [0.2, 0.25) is 0 Å². The van der Waals surface area contributed by atoms with Crippen LogP contribution in [-0.4, -0.2) is 28.2 Å². The molecule has 0 fully saturated rings. The van der Waals surface area contributed by atoms with Gasteiger partial charge in [0.2, 0.25) is 0 Å². The molecule has 5 heteroatoms. The maximum absolute atomic E-state index is 10.6. The normalized spacial score (nSPS) is 9.93. The molecule has 4 nitrogen and oxygen atoms in total. The SMILES string of the molecule is CCc1cc(C(=O)O)ccc1B(O)O. The maximum Gasteiger partial charge on any atom is 0.488 e. The minimum atomic E-state index is -1.55. The van der Waals surface area contributed by atoms with Crippen molar-refractivity contribution in [2.45, 2.75) is 13.3 Å². The van der Waals surface area contributed by atoms with Crippen LogP contribution in [0, 0.1) is 0 Å². The van der Waals surface area contributed by atoms with Crippen LogP contribution < -0.4 is 5.46 Å². The van der Waals surface area contributed by atoms with E-state index in [1.807, 2.05) is 6.92 Å². The molecule has 0 spiro atoms. The zero-order valence-electron chi connectivity index (χ0n) is 7.77. The molecular formula is C9H11BO4. The molecule has 0 amide bonds. The number of carboxylic acid groups (broad SMARTS) is 1. The van der Waals surface area contributed by atoms with Crippen molar-refractivity contribution in [1.29, 1.82) is 0 Å². The van der Waals surface area contributed by atoms with E-state index in [0.29, 0.717) is 17.4 Å². The average molecular weight is 194 g/mol. The summed E-state index contributed by atoms with van der Waals surface area (Å²) in [6, 6.07) is 4.24. The van der Waals surface area contributed by atoms with Gasteiger partial charge in [-0.15, -0.1) is 0 Å². The monoisotopic (exact) mass is 194 g/mol. The lowest BCUT2D eigenvalue weighted by Crippen LogP contribution is -2.33. The fourth-order valence-electron chi connectivity index (χ4n) is 1.30. The molecule has 14 heavy (non-hydrogen) atoms. The quantitative estimate of drug-likeness (QED) is 0.573. The molecule has 0 aliphatic rings. The summed E-state index contributed by atoms with van der Waals surface area (Å²) in [7, 11) is -1.55. The van der Waals surface area contributed by atoms with Crippen LogP contribution in [-0.2, 0) is 6.42 Å². The lowest BCUT2D eigenvalue weighted by molar-refractivity contribution is 0.0696. The van der Waals surface area contributed by atoms with Crippen molar-refractivity contribution in [2.24, 2.45) is 0 Å². The van der Waals surface area contributed by atoms with Gasteiger partial charge >= 0.3 is 13.1 Å². The molecule has 1 aromatic rings. The predicted octanol–water partition coefficient (Wildman–Crippen LogP) is -0.373. The van der Waals surface area contributed by atoms with Crippen molar-refractivity contribution in [2.75, 3.05) is 0 Å². The Hall–Kier alpha value is -1.33. The van der Waals surface area contributed by atoms with Crippen LogP contribution in [0.1, 0.15) is 22.8 Å². The molecule has 74 valence electrons. The number of aromatic carboxylic acids is 1. The zero-order valence-corrected chi connectivity index (χ0v) is 7.77. The molecule has 0 heterocycles. The molecule has 0 radical (unpaired) electrons. The molecule has 0 unspecified atom stereocenters. The van der Waals surface area contributed by atoms with E-state index in [1.165, 1.54) is 18.2 Å². The molecular weight excluding hydrogens is 183 g/mol. The lowest BCUT2D eigenvalue weighted by atomic mass is 9.76. The number of aryl methyl sites for hydroxylation is 1. The first-order valence-corrected chi connectivity index (χ1v) is 4.28. The van der Waals surface area contributed by atoms with E-state index in [9.17, 15) is 4.79 Å². The number of carboxylic acids is 1. The van der Waals surface area contributed by atoms with Gasteiger partial charge in [-0.1, -0.05) is 13.0 Å². The van der Waals surface area contributed by atoms with Crippen molar-refractivity contribution in [3.63, 3.8) is 0 Å². The summed E-state index contributed by atoms with van der Waals surface area (Å²) in [5.74, 6) is -1.02. The second-order valence-corrected chi connectivity index (χ2v) is 2.95. The van der Waals surface area contributed by atoms with E-state index in [0.717, 1.165) is 0 Å². The van der Waals surface area contributed by atoms with Gasteiger partial charge in [-0.2, -0.15) is 0 Å². The summed E-state index contributed by atoms with van der Waals surface area (Å²) in [5, 5.41) is 26.7. The van der Waals surface area contributed by atoms with Gasteiger partial charge in [-0.3, -0.25) is 0 Å². The van der Waals surface area contributed by atoms with E-state index < -0.39 is 13.1 Å². The molecule has 3 N–H and O–H groups in total. The van der Waals surface area contributed by atoms with Gasteiger partial charge in [0, 0.05) is 0 Å². The van der Waals surface area contributed by atoms with Gasteiger partial charge in [0.15, 0.2) is 0 Å². The van der Waals surface area contributed by atoms with Crippen LogP contribution in [0.5, 0.6) is 0 Å². The maximum atomic E-state index is 10.6. The van der Waals surface area contributed by atoms with Crippen molar-refractivity contribution in [1.82, 2.24) is 0 Å². The van der Waals surface area contributed by atoms with E-state index in [2.05, 4.69) is 0 Å². The van der Waals surface area contributed by atoms with E-state index in [-0.39, 0.29) is 5.56 Å². The number of rotatable bonds is 3. The fraction of sp³-hybridized carbons (Fsp3) is 0.222. The predicted molar refractivity (Wildman–Crippen MR) is 52.6 cm³/mol. The first-order valence-electron chi connectivity index (χ1n) is 4.28. The number of hydrogen-bond donors (Lipinski definition) is 3. The molecule has 0 atom stereocenters. The summed E-state index contributed by atoms with van der Waals surface area (Å²) in [4.78, 5) is 10.6. The van der Waals surface area contributed by atoms with Crippen molar-refractivity contribution >= 4 is 18.6 Å². The van der Waals surface area contributed by atoms with Crippen LogP contribution >= 0.6 is 0 Å². The standard InChI is InChI=1S/C9H11BO4/c1-2-6-5-7(9(11)12)3-4-8(6)10(13)14/h3-5,13-14H,2H2,1H3,(H,11,12). The minimum absolute atomic E-state index is 0.159. The minimum Gasteiger partial charge on any atom is -0.478 e. The average Bonchev–Trinajstić information content (AvgIpc) is 2.16. The molecule has 0 aliphatic carbocycles. The molecule has 0 aliphatic heterocycles. The number of carbonyl (C=O) groups is 1. The van der Waals surface area contributed by atoms with Crippen molar-refractivity contribution < 1.29 is 19.9 Å². The van der Waals surface area contributed by atoms with Crippen molar-refractivity contribution in [3.8, 4) is 0 Å². The van der Waals surface area contributed by atoms with Crippen LogP contribution in [0.25, 0.3) is 0 Å². The summed E-state index contributed by atoms with van der Waals surface area (Å²) in [6.45, 7) is 1.83. The Morgan fingerprint density at radius 1 is 1.43 bits per heavy atom. The molecule has 0 saturated carbocycles.